The van der Waals surface area contributed by atoms with Gasteiger partial charge in [-0.1, -0.05) is 0 Å². The van der Waals surface area contributed by atoms with Crippen LogP contribution < -0.4 is 19.7 Å². The van der Waals surface area contributed by atoms with Crippen molar-refractivity contribution >= 4 is 45.9 Å². The van der Waals surface area contributed by atoms with Crippen molar-refractivity contribution in [3.8, 4) is 17.6 Å². The van der Waals surface area contributed by atoms with Gasteiger partial charge in [-0.2, -0.15) is 5.26 Å². The van der Waals surface area contributed by atoms with Crippen molar-refractivity contribution in [2.75, 3.05) is 37.5 Å². The van der Waals surface area contributed by atoms with Crippen molar-refractivity contribution in [2.24, 2.45) is 0 Å². The van der Waals surface area contributed by atoms with E-state index in [2.05, 4.69) is 46.7 Å². The number of hydrogen-bond acceptors (Lipinski definition) is 5. The van der Waals surface area contributed by atoms with Crippen molar-refractivity contribution in [3.05, 3.63) is 51.1 Å². The molecule has 0 radical (unpaired) electrons. The van der Waals surface area contributed by atoms with Gasteiger partial charge in [0.15, 0.2) is 11.5 Å². The lowest BCUT2D eigenvalue weighted by atomic mass is 10.1. The molecule has 0 aliphatic heterocycles. The summed E-state index contributed by atoms with van der Waals surface area (Å²) in [6, 6.07) is 13.1. The SMILES string of the molecule is CCN(CC)c1ccc(NC(=O)/C(C#N)=C\c2cc(I)c(OC)c(OC)c2)cc1. The first-order valence-corrected chi connectivity index (χ1v) is 10.2. The molecule has 2 rings (SSSR count). The summed E-state index contributed by atoms with van der Waals surface area (Å²) in [4.78, 5) is 14.8. The van der Waals surface area contributed by atoms with E-state index in [4.69, 9.17) is 9.47 Å². The van der Waals surface area contributed by atoms with Crippen LogP contribution in [-0.2, 0) is 4.79 Å². The molecule has 0 aliphatic carbocycles. The summed E-state index contributed by atoms with van der Waals surface area (Å²) in [5.74, 6) is 0.685. The van der Waals surface area contributed by atoms with Crippen LogP contribution in [-0.4, -0.2) is 33.2 Å². The largest absolute Gasteiger partial charge is 0.493 e. The van der Waals surface area contributed by atoms with Crippen LogP contribution in [0.1, 0.15) is 19.4 Å². The maximum atomic E-state index is 12.6. The normalized spacial score (nSPS) is 10.8. The maximum absolute atomic E-state index is 12.6. The highest BCUT2D eigenvalue weighted by molar-refractivity contribution is 14.1. The summed E-state index contributed by atoms with van der Waals surface area (Å²) in [5, 5.41) is 12.2. The second-order valence-electron chi connectivity index (χ2n) is 6.08. The molecule has 0 saturated carbocycles. The molecule has 7 heteroatoms. The van der Waals surface area contributed by atoms with Gasteiger partial charge in [0.25, 0.3) is 5.91 Å². The Bertz CT molecular complexity index is 930. The van der Waals surface area contributed by atoms with Gasteiger partial charge in [0.1, 0.15) is 11.6 Å². The number of ether oxygens (including phenoxy) is 2. The summed E-state index contributed by atoms with van der Waals surface area (Å²) in [6.45, 7) is 6.01. The second kappa shape index (κ2) is 10.7. The number of nitriles is 1. The van der Waals surface area contributed by atoms with Crippen molar-refractivity contribution in [2.45, 2.75) is 13.8 Å². The highest BCUT2D eigenvalue weighted by atomic mass is 127. The average Bonchev–Trinajstić information content (AvgIpc) is 2.73. The van der Waals surface area contributed by atoms with Gasteiger partial charge in [-0.25, -0.2) is 0 Å². The molecule has 29 heavy (non-hydrogen) atoms. The third kappa shape index (κ3) is 5.64. The zero-order chi connectivity index (χ0) is 21.4. The number of halogens is 1. The van der Waals surface area contributed by atoms with Gasteiger partial charge in [-0.15, -0.1) is 0 Å². The molecule has 0 spiro atoms. The van der Waals surface area contributed by atoms with Gasteiger partial charge in [0.05, 0.1) is 17.8 Å². The molecule has 0 aliphatic rings. The number of carbonyl (C=O) groups excluding carboxylic acids is 1. The number of amides is 1. The minimum atomic E-state index is -0.465. The highest BCUT2D eigenvalue weighted by Crippen LogP contribution is 2.34. The fourth-order valence-corrected chi connectivity index (χ4v) is 3.72. The van der Waals surface area contributed by atoms with Crippen LogP contribution in [0.3, 0.4) is 0 Å². The van der Waals surface area contributed by atoms with E-state index in [0.29, 0.717) is 22.7 Å². The second-order valence-corrected chi connectivity index (χ2v) is 7.24. The Balaban J connectivity index is 2.23. The van der Waals surface area contributed by atoms with Crippen LogP contribution in [0.4, 0.5) is 11.4 Å². The zero-order valence-corrected chi connectivity index (χ0v) is 19.1. The number of nitrogens with one attached hydrogen (secondary N) is 1. The molecule has 0 atom stereocenters. The number of carbonyl (C=O) groups is 1. The first kappa shape index (κ1) is 22.6. The molecular weight excluding hydrogens is 481 g/mol. The summed E-state index contributed by atoms with van der Waals surface area (Å²) < 4.78 is 11.5. The molecular formula is C22H24IN3O3. The molecule has 1 amide bonds. The Labute approximate surface area is 185 Å². The van der Waals surface area contributed by atoms with Gasteiger partial charge in [0.2, 0.25) is 0 Å². The number of benzene rings is 2. The van der Waals surface area contributed by atoms with Gasteiger partial charge in [-0.3, -0.25) is 4.79 Å². The van der Waals surface area contributed by atoms with E-state index in [1.54, 1.807) is 20.3 Å². The zero-order valence-electron chi connectivity index (χ0n) is 17.0. The first-order valence-electron chi connectivity index (χ1n) is 9.17. The molecule has 0 heterocycles. The van der Waals surface area contributed by atoms with E-state index in [0.717, 1.165) is 22.3 Å². The third-order valence-corrected chi connectivity index (χ3v) is 5.19. The highest BCUT2D eigenvalue weighted by Gasteiger charge is 2.13. The lowest BCUT2D eigenvalue weighted by Gasteiger charge is -2.21. The molecule has 2 aromatic carbocycles. The summed E-state index contributed by atoms with van der Waals surface area (Å²) in [6.07, 6.45) is 1.53. The molecule has 152 valence electrons. The standard InChI is InChI=1S/C22H24IN3O3/c1-5-26(6-2)18-9-7-17(8-10-18)25-22(27)16(14-24)11-15-12-19(23)21(29-4)20(13-15)28-3/h7-13H,5-6H2,1-4H3,(H,25,27)/b16-11-. The van der Waals surface area contributed by atoms with Crippen LogP contribution in [0.5, 0.6) is 11.5 Å². The smallest absolute Gasteiger partial charge is 0.266 e. The Hall–Kier alpha value is -2.73. The Morgan fingerprint density at radius 2 is 1.83 bits per heavy atom. The lowest BCUT2D eigenvalue weighted by Crippen LogP contribution is -2.21. The maximum Gasteiger partial charge on any atom is 0.266 e. The van der Waals surface area contributed by atoms with E-state index in [1.165, 1.54) is 6.08 Å². The van der Waals surface area contributed by atoms with Crippen LogP contribution in [0.2, 0.25) is 0 Å². The lowest BCUT2D eigenvalue weighted by molar-refractivity contribution is -0.112. The third-order valence-electron chi connectivity index (χ3n) is 4.39. The van der Waals surface area contributed by atoms with E-state index >= 15 is 0 Å². The van der Waals surface area contributed by atoms with Crippen molar-refractivity contribution in [3.63, 3.8) is 0 Å². The number of hydrogen-bond donors (Lipinski definition) is 1. The van der Waals surface area contributed by atoms with E-state index in [9.17, 15) is 10.1 Å². The van der Waals surface area contributed by atoms with E-state index in [1.807, 2.05) is 36.4 Å². The van der Waals surface area contributed by atoms with Crippen LogP contribution in [0, 0.1) is 14.9 Å². The Morgan fingerprint density at radius 1 is 1.17 bits per heavy atom. The Morgan fingerprint density at radius 3 is 2.34 bits per heavy atom. The Kier molecular flexibility index (Phi) is 8.34. The number of methoxy groups -OCH3 is 2. The van der Waals surface area contributed by atoms with Gasteiger partial charge in [0, 0.05) is 24.5 Å². The summed E-state index contributed by atoms with van der Waals surface area (Å²) in [7, 11) is 3.11. The molecule has 0 aromatic heterocycles. The molecule has 0 saturated heterocycles. The number of rotatable bonds is 8. The van der Waals surface area contributed by atoms with Gasteiger partial charge in [-0.05, 0) is 84.5 Å². The molecule has 2 aromatic rings. The van der Waals surface area contributed by atoms with E-state index in [-0.39, 0.29) is 5.57 Å². The van der Waals surface area contributed by atoms with Gasteiger partial charge < -0.3 is 19.7 Å². The first-order chi connectivity index (χ1) is 14.0. The quantitative estimate of drug-likeness (QED) is 0.320. The fourth-order valence-electron chi connectivity index (χ4n) is 2.88. The fraction of sp³-hybridized carbons (Fsp3) is 0.273. The van der Waals surface area contributed by atoms with Crippen molar-refractivity contribution in [1.82, 2.24) is 0 Å². The topological polar surface area (TPSA) is 74.6 Å². The monoisotopic (exact) mass is 505 g/mol. The van der Waals surface area contributed by atoms with Gasteiger partial charge >= 0.3 is 0 Å². The summed E-state index contributed by atoms with van der Waals surface area (Å²) >= 11 is 2.12. The molecule has 0 fully saturated rings. The molecule has 0 unspecified atom stereocenters. The molecule has 1 N–H and O–H groups in total. The predicted octanol–water partition coefficient (Wildman–Crippen LogP) is 4.70. The molecule has 0 bridgehead atoms. The number of anilines is 2. The number of nitrogens with zero attached hydrogens (tertiary/aromatic N) is 2. The van der Waals surface area contributed by atoms with Crippen LogP contribution >= 0.6 is 22.6 Å². The van der Waals surface area contributed by atoms with E-state index < -0.39 is 5.91 Å². The predicted molar refractivity (Wildman–Crippen MR) is 124 cm³/mol. The minimum absolute atomic E-state index is 0.000777. The molecule has 6 nitrogen and oxygen atoms in total. The summed E-state index contributed by atoms with van der Waals surface area (Å²) in [5.41, 5.74) is 2.40. The average molecular weight is 505 g/mol. The van der Waals surface area contributed by atoms with Crippen LogP contribution in [0.15, 0.2) is 42.0 Å². The minimum Gasteiger partial charge on any atom is -0.493 e. The van der Waals surface area contributed by atoms with Crippen molar-refractivity contribution in [1.29, 1.82) is 5.26 Å². The van der Waals surface area contributed by atoms with Crippen LogP contribution in [0.25, 0.3) is 6.08 Å². The van der Waals surface area contributed by atoms with Crippen molar-refractivity contribution < 1.29 is 14.3 Å².